The van der Waals surface area contributed by atoms with E-state index in [0.717, 1.165) is 24.3 Å². The molecular weight excluding hydrogens is 534 g/mol. The van der Waals surface area contributed by atoms with Gasteiger partial charge in [0.1, 0.15) is 5.69 Å². The maximum absolute atomic E-state index is 14.3. The van der Waals surface area contributed by atoms with E-state index in [0.29, 0.717) is 69.4 Å². The molecular formula is C31H41N7O4. The van der Waals surface area contributed by atoms with Gasteiger partial charge in [0.15, 0.2) is 0 Å². The quantitative estimate of drug-likeness (QED) is 0.338. The van der Waals surface area contributed by atoms with Crippen LogP contribution in [0.15, 0.2) is 59.4 Å². The van der Waals surface area contributed by atoms with E-state index in [2.05, 4.69) is 20.9 Å². The highest BCUT2D eigenvalue weighted by Crippen LogP contribution is 2.29. The number of morpholine rings is 1. The summed E-state index contributed by atoms with van der Waals surface area (Å²) in [6.07, 6.45) is 0.485. The summed E-state index contributed by atoms with van der Waals surface area (Å²) >= 11 is 0. The van der Waals surface area contributed by atoms with Gasteiger partial charge in [0, 0.05) is 69.7 Å². The topological polar surface area (TPSA) is 113 Å². The average molecular weight is 576 g/mol. The van der Waals surface area contributed by atoms with Crippen LogP contribution in [0.25, 0.3) is 16.9 Å². The maximum atomic E-state index is 14.3. The molecule has 0 spiro atoms. The van der Waals surface area contributed by atoms with E-state index in [1.165, 1.54) is 0 Å². The predicted octanol–water partition coefficient (Wildman–Crippen LogP) is 2.29. The highest BCUT2D eigenvalue weighted by molar-refractivity contribution is 5.99. The lowest BCUT2D eigenvalue weighted by molar-refractivity contribution is 0.0725. The minimum absolute atomic E-state index is 0.0200. The summed E-state index contributed by atoms with van der Waals surface area (Å²) in [6.45, 7) is 9.83. The predicted molar refractivity (Wildman–Crippen MR) is 164 cm³/mol. The van der Waals surface area contributed by atoms with Crippen molar-refractivity contribution in [2.75, 3.05) is 63.9 Å². The van der Waals surface area contributed by atoms with Crippen molar-refractivity contribution in [1.82, 2.24) is 30.0 Å². The number of nitrogens with one attached hydrogen (secondary N) is 3. The van der Waals surface area contributed by atoms with Gasteiger partial charge in [-0.15, -0.1) is 0 Å². The summed E-state index contributed by atoms with van der Waals surface area (Å²) < 4.78 is 8.81. The Morgan fingerprint density at radius 1 is 0.952 bits per heavy atom. The third-order valence-corrected chi connectivity index (χ3v) is 7.52. The molecule has 2 fully saturated rings. The van der Waals surface area contributed by atoms with Crippen LogP contribution in [0.1, 0.15) is 30.8 Å². The van der Waals surface area contributed by atoms with E-state index in [9.17, 15) is 14.4 Å². The van der Waals surface area contributed by atoms with Gasteiger partial charge < -0.3 is 30.5 Å². The first kappa shape index (κ1) is 29.4. The molecule has 2 aromatic carbocycles. The molecule has 3 heterocycles. The SMILES string of the molecule is CC(C)NC(=O)NCCCn1c(C(=O)N2CCNCC2)c(-c2ccccc2)n(-c2cccc(N3CCOCC3)c2)c1=O. The second-order valence-corrected chi connectivity index (χ2v) is 10.9. The maximum Gasteiger partial charge on any atom is 0.333 e. The molecule has 1 aromatic heterocycles. The molecule has 2 aliphatic rings. The van der Waals surface area contributed by atoms with E-state index in [4.69, 9.17) is 4.74 Å². The van der Waals surface area contributed by atoms with Gasteiger partial charge in [0.25, 0.3) is 5.91 Å². The van der Waals surface area contributed by atoms with E-state index in [1.54, 1.807) is 9.13 Å². The number of piperazine rings is 1. The van der Waals surface area contributed by atoms with E-state index in [-0.39, 0.29) is 30.2 Å². The molecule has 0 aliphatic carbocycles. The number of hydrogen-bond acceptors (Lipinski definition) is 6. The summed E-state index contributed by atoms with van der Waals surface area (Å²) in [4.78, 5) is 44.7. The normalized spacial score (nSPS) is 15.6. The molecule has 5 rings (SSSR count). The van der Waals surface area contributed by atoms with Crippen molar-refractivity contribution in [3.63, 3.8) is 0 Å². The summed E-state index contributed by atoms with van der Waals surface area (Å²) in [7, 11) is 0. The Kier molecular flexibility index (Phi) is 9.60. The fraction of sp³-hybridized carbons (Fsp3) is 0.452. The summed E-state index contributed by atoms with van der Waals surface area (Å²) in [6, 6.07) is 17.3. The summed E-state index contributed by atoms with van der Waals surface area (Å²) in [5.41, 5.74) is 3.16. The Hall–Kier alpha value is -4.09. The van der Waals surface area contributed by atoms with Crippen LogP contribution in [0.4, 0.5) is 10.5 Å². The number of anilines is 1. The zero-order valence-corrected chi connectivity index (χ0v) is 24.5. The van der Waals surface area contributed by atoms with Crippen molar-refractivity contribution in [3.05, 3.63) is 70.8 Å². The van der Waals surface area contributed by atoms with Gasteiger partial charge in [-0.2, -0.15) is 0 Å². The van der Waals surface area contributed by atoms with E-state index >= 15 is 0 Å². The first-order chi connectivity index (χ1) is 20.4. The largest absolute Gasteiger partial charge is 0.378 e. The van der Waals surface area contributed by atoms with Crippen LogP contribution in [0.3, 0.4) is 0 Å². The lowest BCUT2D eigenvalue weighted by Gasteiger charge is -2.29. The van der Waals surface area contributed by atoms with Crippen molar-refractivity contribution in [2.24, 2.45) is 0 Å². The average Bonchev–Trinajstić information content (AvgIpc) is 3.31. The standard InChI is InChI=1S/C31H41N7O4/c1-23(2)34-30(40)33-12-7-15-37-28(29(39)36-16-13-32-14-17-36)27(24-8-4-3-5-9-24)38(31(37)41)26-11-6-10-25(22-26)35-18-20-42-21-19-35/h3-6,8-11,22-23,32H,7,12-21H2,1-2H3,(H2,33,34,40). The Bertz CT molecular complexity index is 1420. The number of carbonyl (C=O) groups excluding carboxylic acids is 2. The molecule has 0 radical (unpaired) electrons. The van der Waals surface area contributed by atoms with Gasteiger partial charge in [-0.1, -0.05) is 36.4 Å². The first-order valence-electron chi connectivity index (χ1n) is 14.8. The van der Waals surface area contributed by atoms with E-state index in [1.807, 2.05) is 73.3 Å². The fourth-order valence-electron chi connectivity index (χ4n) is 5.49. The Morgan fingerprint density at radius 3 is 2.38 bits per heavy atom. The van der Waals surface area contributed by atoms with Crippen LogP contribution >= 0.6 is 0 Å². The lowest BCUT2D eigenvalue weighted by Crippen LogP contribution is -2.47. The van der Waals surface area contributed by atoms with Crippen molar-refractivity contribution in [2.45, 2.75) is 32.9 Å². The molecule has 0 bridgehead atoms. The van der Waals surface area contributed by atoms with Crippen LogP contribution in [0.5, 0.6) is 0 Å². The molecule has 3 aromatic rings. The van der Waals surface area contributed by atoms with E-state index < -0.39 is 0 Å². The van der Waals surface area contributed by atoms with Crippen molar-refractivity contribution in [3.8, 4) is 16.9 Å². The zero-order valence-electron chi connectivity index (χ0n) is 24.5. The van der Waals surface area contributed by atoms with Crippen LogP contribution in [0, 0.1) is 0 Å². The second kappa shape index (κ2) is 13.7. The van der Waals surface area contributed by atoms with Gasteiger partial charge in [0.05, 0.1) is 24.6 Å². The zero-order chi connectivity index (χ0) is 29.5. The number of amides is 3. The van der Waals surface area contributed by atoms with Gasteiger partial charge >= 0.3 is 11.7 Å². The van der Waals surface area contributed by atoms with Crippen LogP contribution in [-0.2, 0) is 11.3 Å². The van der Waals surface area contributed by atoms with Crippen molar-refractivity contribution >= 4 is 17.6 Å². The van der Waals surface area contributed by atoms with Crippen LogP contribution in [0.2, 0.25) is 0 Å². The molecule has 42 heavy (non-hydrogen) atoms. The van der Waals surface area contributed by atoms with Crippen molar-refractivity contribution in [1.29, 1.82) is 0 Å². The Morgan fingerprint density at radius 2 is 1.67 bits per heavy atom. The van der Waals surface area contributed by atoms with Gasteiger partial charge in [-0.25, -0.2) is 9.59 Å². The molecule has 11 heteroatoms. The number of urea groups is 1. The molecule has 224 valence electrons. The minimum atomic E-state index is -0.280. The van der Waals surface area contributed by atoms with Gasteiger partial charge in [-0.05, 0) is 38.5 Å². The number of carbonyl (C=O) groups is 2. The molecule has 3 N–H and O–H groups in total. The first-order valence-corrected chi connectivity index (χ1v) is 14.8. The molecule has 2 aliphatic heterocycles. The van der Waals surface area contributed by atoms with Gasteiger partial charge in [-0.3, -0.25) is 13.9 Å². The molecule has 0 saturated carbocycles. The van der Waals surface area contributed by atoms with Crippen LogP contribution in [-0.4, -0.2) is 91.0 Å². The number of rotatable bonds is 9. The van der Waals surface area contributed by atoms with Crippen LogP contribution < -0.4 is 26.5 Å². The fourth-order valence-corrected chi connectivity index (χ4v) is 5.49. The summed E-state index contributed by atoms with van der Waals surface area (Å²) in [5.74, 6) is -0.166. The Labute approximate surface area is 246 Å². The Balaban J connectivity index is 1.59. The number of nitrogens with zero attached hydrogens (tertiary/aromatic N) is 4. The number of hydrogen-bond donors (Lipinski definition) is 3. The number of aromatic nitrogens is 2. The van der Waals surface area contributed by atoms with Gasteiger partial charge in [0.2, 0.25) is 0 Å². The molecule has 11 nitrogen and oxygen atoms in total. The minimum Gasteiger partial charge on any atom is -0.378 e. The molecule has 2 saturated heterocycles. The number of ether oxygens (including phenoxy) is 1. The monoisotopic (exact) mass is 575 g/mol. The third-order valence-electron chi connectivity index (χ3n) is 7.52. The van der Waals surface area contributed by atoms with Crippen molar-refractivity contribution < 1.29 is 14.3 Å². The number of imidazole rings is 1. The molecule has 0 atom stereocenters. The second-order valence-electron chi connectivity index (χ2n) is 10.9. The molecule has 0 unspecified atom stereocenters. The smallest absolute Gasteiger partial charge is 0.333 e. The molecule has 3 amide bonds. The lowest BCUT2D eigenvalue weighted by atomic mass is 10.1. The third kappa shape index (κ3) is 6.69. The number of benzene rings is 2. The highest BCUT2D eigenvalue weighted by Gasteiger charge is 2.31. The summed E-state index contributed by atoms with van der Waals surface area (Å²) in [5, 5.41) is 8.97. The highest BCUT2D eigenvalue weighted by atomic mass is 16.5.